The highest BCUT2D eigenvalue weighted by Gasteiger charge is 2.45. The van der Waals surface area contributed by atoms with Crippen LogP contribution in [0.1, 0.15) is 49.0 Å². The maximum atomic E-state index is 14.4. The smallest absolute Gasteiger partial charge is 0.317 e. The van der Waals surface area contributed by atoms with Gasteiger partial charge in [-0.25, -0.2) is 13.6 Å². The predicted octanol–water partition coefficient (Wildman–Crippen LogP) is 4.30. The van der Waals surface area contributed by atoms with Gasteiger partial charge in [0.25, 0.3) is 0 Å². The molecule has 0 saturated carbocycles. The number of Topliss-reactive ketones (excluding diaryl/α,β-unsaturated/α-hetero) is 1. The number of fused-ring (bicyclic) bond motifs is 1. The van der Waals surface area contributed by atoms with Crippen molar-refractivity contribution in [2.24, 2.45) is 0 Å². The second-order valence-electron chi connectivity index (χ2n) is 10.8. The molecule has 3 aliphatic rings. The van der Waals surface area contributed by atoms with Crippen LogP contribution >= 0.6 is 0 Å². The van der Waals surface area contributed by atoms with Gasteiger partial charge in [-0.05, 0) is 62.6 Å². The molecule has 10 heteroatoms. The molecule has 5 rings (SSSR count). The van der Waals surface area contributed by atoms with Crippen LogP contribution in [0.15, 0.2) is 36.4 Å². The van der Waals surface area contributed by atoms with E-state index in [1.54, 1.807) is 23.1 Å². The van der Waals surface area contributed by atoms with Crippen molar-refractivity contribution in [1.82, 2.24) is 10.2 Å². The summed E-state index contributed by atoms with van der Waals surface area (Å²) >= 11 is 0. The van der Waals surface area contributed by atoms with E-state index in [2.05, 4.69) is 15.5 Å². The number of nitrogens with one attached hydrogen (secondary N) is 2. The van der Waals surface area contributed by atoms with Crippen LogP contribution in [0.5, 0.6) is 0 Å². The van der Waals surface area contributed by atoms with Gasteiger partial charge in [-0.15, -0.1) is 0 Å². The van der Waals surface area contributed by atoms with E-state index in [9.17, 15) is 18.4 Å². The van der Waals surface area contributed by atoms with Crippen molar-refractivity contribution in [3.8, 4) is 0 Å². The molecule has 204 valence electrons. The predicted molar refractivity (Wildman–Crippen MR) is 139 cm³/mol. The second-order valence-corrected chi connectivity index (χ2v) is 10.8. The van der Waals surface area contributed by atoms with E-state index in [0.717, 1.165) is 11.3 Å². The molecule has 2 saturated heterocycles. The van der Waals surface area contributed by atoms with E-state index >= 15 is 0 Å². The molecule has 0 aliphatic carbocycles. The van der Waals surface area contributed by atoms with Gasteiger partial charge in [0, 0.05) is 50.9 Å². The Balaban J connectivity index is 1.14. The van der Waals surface area contributed by atoms with Crippen LogP contribution in [0.3, 0.4) is 0 Å². The van der Waals surface area contributed by atoms with Gasteiger partial charge < -0.3 is 29.9 Å². The number of carbonyl (C=O) groups excluding carboxylic acids is 2. The third kappa shape index (κ3) is 5.33. The Morgan fingerprint density at radius 2 is 1.89 bits per heavy atom. The minimum absolute atomic E-state index is 0.0630. The first-order valence-corrected chi connectivity index (χ1v) is 13.0. The maximum Gasteiger partial charge on any atom is 0.317 e. The number of anilines is 2. The number of hydrogen-bond donors (Lipinski definition) is 2. The highest BCUT2D eigenvalue weighted by atomic mass is 19.1. The molecular weight excluding hydrogens is 494 g/mol. The van der Waals surface area contributed by atoms with Crippen molar-refractivity contribution < 1.29 is 27.8 Å². The number of ether oxygens (including phenoxy) is 2. The summed E-state index contributed by atoms with van der Waals surface area (Å²) in [5.41, 5.74) is 1.87. The van der Waals surface area contributed by atoms with Crippen LogP contribution in [0.4, 0.5) is 25.0 Å². The summed E-state index contributed by atoms with van der Waals surface area (Å²) in [7, 11) is 1.94. The van der Waals surface area contributed by atoms with Crippen LogP contribution in [-0.2, 0) is 16.0 Å². The lowest BCUT2D eigenvalue weighted by molar-refractivity contribution is -0.136. The van der Waals surface area contributed by atoms with Crippen LogP contribution in [0.2, 0.25) is 0 Å². The van der Waals surface area contributed by atoms with Gasteiger partial charge >= 0.3 is 6.03 Å². The number of piperidine rings is 1. The number of ketones is 1. The van der Waals surface area contributed by atoms with E-state index in [1.807, 2.05) is 20.9 Å². The average molecular weight is 529 g/mol. The lowest BCUT2D eigenvalue weighted by atomic mass is 9.77. The highest BCUT2D eigenvalue weighted by Crippen LogP contribution is 2.42. The third-order valence-corrected chi connectivity index (χ3v) is 7.86. The molecular formula is C28H34F2N4O4. The van der Waals surface area contributed by atoms with Crippen molar-refractivity contribution in [3.63, 3.8) is 0 Å². The number of rotatable bonds is 5. The zero-order valence-electron chi connectivity index (χ0n) is 22.0. The lowest BCUT2D eigenvalue weighted by Gasteiger charge is -2.50. The molecule has 0 aromatic heterocycles. The Bertz CT molecular complexity index is 1230. The summed E-state index contributed by atoms with van der Waals surface area (Å²) in [6.07, 6.45) is 1.39. The molecule has 2 amide bonds. The number of nitrogens with zero attached hydrogens (tertiary/aromatic N) is 2. The molecule has 1 spiro atoms. The number of carbonyl (C=O) groups is 2. The first-order chi connectivity index (χ1) is 18.1. The lowest BCUT2D eigenvalue weighted by Crippen LogP contribution is -2.59. The van der Waals surface area contributed by atoms with E-state index in [1.165, 1.54) is 18.2 Å². The molecule has 1 atom stereocenters. The van der Waals surface area contributed by atoms with Gasteiger partial charge in [-0.1, -0.05) is 6.07 Å². The largest absolute Gasteiger partial charge is 0.380 e. The zero-order valence-corrected chi connectivity index (χ0v) is 22.0. The molecule has 2 aromatic carbocycles. The number of likely N-dealkylation sites (tertiary alicyclic amines) is 1. The number of amides is 2. The number of urea groups is 1. The van der Waals surface area contributed by atoms with E-state index < -0.39 is 11.6 Å². The molecule has 2 aromatic rings. The second kappa shape index (κ2) is 10.1. The highest BCUT2D eigenvalue weighted by molar-refractivity contribution is 6.04. The fraction of sp³-hybridized carbons (Fsp3) is 0.500. The van der Waals surface area contributed by atoms with Gasteiger partial charge in [0.15, 0.2) is 11.6 Å². The molecule has 8 nitrogen and oxygen atoms in total. The summed E-state index contributed by atoms with van der Waals surface area (Å²) in [4.78, 5) is 29.5. The standard InChI is InChI=1S/C28H34F2N4O4/c1-27(2)37-17-20(38-27)16-31-23-12-18(4-6-22(23)30)15-32-26(36)34-10-8-28(9-11-34)14-25(35)21-13-19(29)5-7-24(21)33(28)3/h4-7,12-13,20,31H,8-11,14-17H2,1-3H3,(H,32,36). The van der Waals surface area contributed by atoms with Crippen LogP contribution in [0.25, 0.3) is 0 Å². The average Bonchev–Trinajstić information content (AvgIpc) is 3.24. The van der Waals surface area contributed by atoms with Crippen LogP contribution < -0.4 is 15.5 Å². The summed E-state index contributed by atoms with van der Waals surface area (Å²) in [6.45, 7) is 5.76. The van der Waals surface area contributed by atoms with Crippen molar-refractivity contribution in [2.75, 3.05) is 43.5 Å². The molecule has 2 fully saturated rings. The van der Waals surface area contributed by atoms with Crippen molar-refractivity contribution in [3.05, 3.63) is 59.2 Å². The Morgan fingerprint density at radius 1 is 1.13 bits per heavy atom. The minimum Gasteiger partial charge on any atom is -0.380 e. The molecule has 2 N–H and O–H groups in total. The Hall–Kier alpha value is -3.24. The molecule has 0 bridgehead atoms. The van der Waals surface area contributed by atoms with Gasteiger partial charge in [-0.2, -0.15) is 0 Å². The number of benzene rings is 2. The summed E-state index contributed by atoms with van der Waals surface area (Å²) in [6, 6.07) is 8.84. The van der Waals surface area contributed by atoms with Gasteiger partial charge in [-0.3, -0.25) is 4.79 Å². The first-order valence-electron chi connectivity index (χ1n) is 13.0. The van der Waals surface area contributed by atoms with E-state index in [-0.39, 0.29) is 35.8 Å². The topological polar surface area (TPSA) is 83.1 Å². The molecule has 3 heterocycles. The molecule has 38 heavy (non-hydrogen) atoms. The summed E-state index contributed by atoms with van der Waals surface area (Å²) in [5, 5.41) is 6.01. The Morgan fingerprint density at radius 3 is 2.61 bits per heavy atom. The van der Waals surface area contributed by atoms with Crippen molar-refractivity contribution in [1.29, 1.82) is 0 Å². The molecule has 1 unspecified atom stereocenters. The van der Waals surface area contributed by atoms with Crippen LogP contribution in [0, 0.1) is 11.6 Å². The Kier molecular flexibility index (Phi) is 7.04. The molecule has 3 aliphatic heterocycles. The minimum atomic E-state index is -0.642. The number of halogens is 2. The monoisotopic (exact) mass is 528 g/mol. The number of hydrogen-bond acceptors (Lipinski definition) is 6. The Labute approximate surface area is 221 Å². The van der Waals surface area contributed by atoms with Crippen LogP contribution in [-0.4, -0.2) is 67.4 Å². The van der Waals surface area contributed by atoms with Gasteiger partial charge in [0.2, 0.25) is 0 Å². The normalized spacial score (nSPS) is 21.9. The van der Waals surface area contributed by atoms with Gasteiger partial charge in [0.1, 0.15) is 17.7 Å². The first kappa shape index (κ1) is 26.4. The van der Waals surface area contributed by atoms with Crippen molar-refractivity contribution >= 4 is 23.2 Å². The van der Waals surface area contributed by atoms with E-state index in [0.29, 0.717) is 56.8 Å². The van der Waals surface area contributed by atoms with Gasteiger partial charge in [0.05, 0.1) is 17.8 Å². The molecule has 0 radical (unpaired) electrons. The zero-order chi connectivity index (χ0) is 27.1. The maximum absolute atomic E-state index is 14.4. The SMILES string of the molecule is CN1c2ccc(F)cc2C(=O)CC12CCN(C(=O)NCc1ccc(F)c(NCC3COC(C)(C)O3)c1)CC2. The van der Waals surface area contributed by atoms with E-state index in [4.69, 9.17) is 9.47 Å². The third-order valence-electron chi connectivity index (χ3n) is 7.86. The van der Waals surface area contributed by atoms with Crippen molar-refractivity contribution in [2.45, 2.75) is 57.1 Å². The quantitative estimate of drug-likeness (QED) is 0.603. The summed E-state index contributed by atoms with van der Waals surface area (Å²) in [5.74, 6) is -1.50. The fourth-order valence-corrected chi connectivity index (χ4v) is 5.63. The summed E-state index contributed by atoms with van der Waals surface area (Å²) < 4.78 is 39.3. The fourth-order valence-electron chi connectivity index (χ4n) is 5.63.